The van der Waals surface area contributed by atoms with Crippen molar-refractivity contribution < 1.29 is 19.1 Å². The molecule has 2 amide bonds. The summed E-state index contributed by atoms with van der Waals surface area (Å²) >= 11 is 0. The smallest absolute Gasteiger partial charge is 0.256 e. The number of nitrogens with one attached hydrogen (secondary N) is 1. The molecule has 1 aromatic heterocycles. The van der Waals surface area contributed by atoms with Crippen molar-refractivity contribution in [2.45, 2.75) is 76.9 Å². The Morgan fingerprint density at radius 2 is 1.74 bits per heavy atom. The van der Waals surface area contributed by atoms with Gasteiger partial charge in [-0.3, -0.25) is 14.4 Å². The number of halogens is 1. The van der Waals surface area contributed by atoms with Crippen LogP contribution in [0.15, 0.2) is 41.3 Å². The van der Waals surface area contributed by atoms with Crippen LogP contribution in [-0.4, -0.2) is 76.2 Å². The van der Waals surface area contributed by atoms with Crippen LogP contribution in [0.3, 0.4) is 0 Å². The Hall–Kier alpha value is -3.04. The van der Waals surface area contributed by atoms with E-state index in [-0.39, 0.29) is 46.5 Å². The van der Waals surface area contributed by atoms with Gasteiger partial charge in [0.05, 0.1) is 17.7 Å². The molecule has 2 aliphatic carbocycles. The molecule has 0 radical (unpaired) electrons. The van der Waals surface area contributed by atoms with Crippen LogP contribution in [0.5, 0.6) is 0 Å². The van der Waals surface area contributed by atoms with E-state index in [0.29, 0.717) is 51.6 Å². The Balaban J connectivity index is 1.31. The average molecular weight is 593 g/mol. The van der Waals surface area contributed by atoms with E-state index in [4.69, 9.17) is 0 Å². The minimum absolute atomic E-state index is 0.0259. The van der Waals surface area contributed by atoms with E-state index in [9.17, 15) is 23.9 Å². The molecule has 2 aromatic rings. The van der Waals surface area contributed by atoms with E-state index in [1.54, 1.807) is 23.1 Å². The number of aliphatic hydroxyl groups is 1. The molecule has 2 saturated heterocycles. The summed E-state index contributed by atoms with van der Waals surface area (Å²) in [7, 11) is 0. The SMILES string of the molecule is C[C@H](CC1CCC1)C(=O)N1CC[C@@](O)(Cn2cc(C(=O)N3CCNCC3)c(-c3ccccc3F)cc2=O)C2(CCCC2)C1. The number of carbonyl (C=O) groups is 2. The molecule has 6 rings (SSSR count). The highest BCUT2D eigenvalue weighted by Crippen LogP contribution is 2.52. The normalized spacial score (nSPS) is 24.6. The lowest BCUT2D eigenvalue weighted by Crippen LogP contribution is -2.62. The summed E-state index contributed by atoms with van der Waals surface area (Å²) in [6, 6.07) is 7.54. The van der Waals surface area contributed by atoms with Gasteiger partial charge in [-0.05, 0) is 37.7 Å². The zero-order valence-corrected chi connectivity index (χ0v) is 25.3. The van der Waals surface area contributed by atoms with Crippen LogP contribution in [0.2, 0.25) is 0 Å². The summed E-state index contributed by atoms with van der Waals surface area (Å²) in [5, 5.41) is 15.6. The number of amides is 2. The second kappa shape index (κ2) is 12.2. The van der Waals surface area contributed by atoms with Crippen LogP contribution in [0.1, 0.15) is 75.1 Å². The fourth-order valence-electron chi connectivity index (χ4n) is 8.02. The maximum atomic E-state index is 15.0. The van der Waals surface area contributed by atoms with Gasteiger partial charge in [-0.1, -0.05) is 57.2 Å². The molecule has 9 heteroatoms. The van der Waals surface area contributed by atoms with Gasteiger partial charge in [0.15, 0.2) is 0 Å². The number of aromatic nitrogens is 1. The number of likely N-dealkylation sites (tertiary alicyclic amines) is 1. The third-order valence-corrected chi connectivity index (χ3v) is 10.8. The number of hydrogen-bond donors (Lipinski definition) is 2. The monoisotopic (exact) mass is 592 g/mol. The lowest BCUT2D eigenvalue weighted by atomic mass is 9.65. The largest absolute Gasteiger partial charge is 0.387 e. The van der Waals surface area contributed by atoms with E-state index >= 15 is 0 Å². The lowest BCUT2D eigenvalue weighted by Gasteiger charge is -2.53. The number of carbonyl (C=O) groups excluding carboxylic acids is 2. The minimum atomic E-state index is -1.21. The van der Waals surface area contributed by atoms with Gasteiger partial charge in [0.25, 0.3) is 11.5 Å². The molecule has 232 valence electrons. The van der Waals surface area contributed by atoms with Gasteiger partial charge in [-0.15, -0.1) is 0 Å². The van der Waals surface area contributed by atoms with Gasteiger partial charge in [0, 0.05) is 74.0 Å². The summed E-state index contributed by atoms with van der Waals surface area (Å²) in [4.78, 5) is 44.7. The molecule has 4 fully saturated rings. The quantitative estimate of drug-likeness (QED) is 0.506. The highest BCUT2D eigenvalue weighted by Gasteiger charge is 2.56. The number of piperazine rings is 1. The van der Waals surface area contributed by atoms with Crippen molar-refractivity contribution in [3.63, 3.8) is 0 Å². The van der Waals surface area contributed by atoms with Gasteiger partial charge >= 0.3 is 0 Å². The Morgan fingerprint density at radius 1 is 1.02 bits per heavy atom. The first-order valence-corrected chi connectivity index (χ1v) is 16.2. The summed E-state index contributed by atoms with van der Waals surface area (Å²) < 4.78 is 16.4. The fourth-order valence-corrected chi connectivity index (χ4v) is 8.02. The van der Waals surface area contributed by atoms with Crippen molar-refractivity contribution in [2.75, 3.05) is 39.3 Å². The Morgan fingerprint density at radius 3 is 2.42 bits per heavy atom. The highest BCUT2D eigenvalue weighted by molar-refractivity contribution is 6.00. The van der Waals surface area contributed by atoms with Gasteiger partial charge in [-0.25, -0.2) is 4.39 Å². The zero-order chi connectivity index (χ0) is 30.2. The molecule has 2 saturated carbocycles. The Labute approximate surface area is 253 Å². The van der Waals surface area contributed by atoms with E-state index in [1.165, 1.54) is 42.2 Å². The summed E-state index contributed by atoms with van der Waals surface area (Å²) in [6.45, 7) is 5.37. The van der Waals surface area contributed by atoms with E-state index in [1.807, 2.05) is 11.8 Å². The third kappa shape index (κ3) is 5.78. The summed E-state index contributed by atoms with van der Waals surface area (Å²) in [5.74, 6) is 0.0501. The average Bonchev–Trinajstić information content (AvgIpc) is 3.47. The minimum Gasteiger partial charge on any atom is -0.387 e. The molecule has 0 unspecified atom stereocenters. The number of hydrogen-bond acceptors (Lipinski definition) is 5. The molecule has 2 aliphatic heterocycles. The standard InChI is InChI=1S/C34H45FN4O4/c1-24(19-25-7-6-8-25)31(41)38-16-13-34(43,33(22-38)11-4-5-12-33)23-39-21-28(32(42)37-17-14-36-15-18-37)27(20-30(39)40)26-9-2-3-10-29(26)35/h2-3,9-10,20-21,24-25,36,43H,4-8,11-19,22-23H2,1H3/t24-,34-/m1/s1. The predicted octanol–water partition coefficient (Wildman–Crippen LogP) is 4.05. The molecule has 1 aromatic carbocycles. The molecule has 1 spiro atoms. The summed E-state index contributed by atoms with van der Waals surface area (Å²) in [5.41, 5.74) is -1.37. The number of nitrogens with zero attached hydrogens (tertiary/aromatic N) is 3. The first-order chi connectivity index (χ1) is 20.7. The highest BCUT2D eigenvalue weighted by atomic mass is 19.1. The van der Waals surface area contributed by atoms with Crippen LogP contribution in [-0.2, 0) is 11.3 Å². The van der Waals surface area contributed by atoms with Crippen LogP contribution >= 0.6 is 0 Å². The first-order valence-electron chi connectivity index (χ1n) is 16.2. The number of pyridine rings is 1. The molecule has 0 bridgehead atoms. The fraction of sp³-hybridized carbons (Fsp3) is 0.618. The van der Waals surface area contributed by atoms with Crippen molar-refractivity contribution in [3.8, 4) is 11.1 Å². The van der Waals surface area contributed by atoms with E-state index in [2.05, 4.69) is 5.32 Å². The molecule has 8 nitrogen and oxygen atoms in total. The summed E-state index contributed by atoms with van der Waals surface area (Å²) in [6.07, 6.45) is 10.0. The van der Waals surface area contributed by atoms with Crippen molar-refractivity contribution in [2.24, 2.45) is 17.3 Å². The van der Waals surface area contributed by atoms with Crippen LogP contribution in [0.4, 0.5) is 4.39 Å². The third-order valence-electron chi connectivity index (χ3n) is 10.8. The van der Waals surface area contributed by atoms with Crippen molar-refractivity contribution in [1.29, 1.82) is 0 Å². The molecular formula is C34H45FN4O4. The maximum absolute atomic E-state index is 15.0. The molecule has 3 heterocycles. The van der Waals surface area contributed by atoms with Gasteiger partial charge in [-0.2, -0.15) is 0 Å². The second-order valence-corrected chi connectivity index (χ2v) is 13.6. The Bertz CT molecular complexity index is 1410. The molecule has 2 atom stereocenters. The van der Waals surface area contributed by atoms with Gasteiger partial charge in [0.2, 0.25) is 5.91 Å². The van der Waals surface area contributed by atoms with Crippen LogP contribution in [0, 0.1) is 23.1 Å². The van der Waals surface area contributed by atoms with Gasteiger partial charge in [0.1, 0.15) is 5.82 Å². The van der Waals surface area contributed by atoms with Crippen molar-refractivity contribution in [3.05, 3.63) is 58.3 Å². The number of rotatable bonds is 7. The van der Waals surface area contributed by atoms with Gasteiger partial charge < -0.3 is 24.8 Å². The Kier molecular flexibility index (Phi) is 8.48. The number of benzene rings is 1. The van der Waals surface area contributed by atoms with E-state index < -0.39 is 16.8 Å². The van der Waals surface area contributed by atoms with Crippen LogP contribution < -0.4 is 10.9 Å². The van der Waals surface area contributed by atoms with E-state index in [0.717, 1.165) is 32.1 Å². The maximum Gasteiger partial charge on any atom is 0.256 e. The first kappa shape index (κ1) is 30.0. The van der Waals surface area contributed by atoms with Crippen molar-refractivity contribution in [1.82, 2.24) is 19.7 Å². The molecular weight excluding hydrogens is 547 g/mol. The second-order valence-electron chi connectivity index (χ2n) is 13.6. The molecule has 2 N–H and O–H groups in total. The van der Waals surface area contributed by atoms with Crippen LogP contribution in [0.25, 0.3) is 11.1 Å². The predicted molar refractivity (Wildman–Crippen MR) is 163 cm³/mol. The molecule has 4 aliphatic rings. The van der Waals surface area contributed by atoms with Crippen molar-refractivity contribution >= 4 is 11.8 Å². The topological polar surface area (TPSA) is 94.9 Å². The lowest BCUT2D eigenvalue weighted by molar-refractivity contribution is -0.163. The number of piperidine rings is 1. The zero-order valence-electron chi connectivity index (χ0n) is 25.3. The molecule has 43 heavy (non-hydrogen) atoms.